The molecule has 0 aromatic heterocycles. The van der Waals surface area contributed by atoms with Crippen LogP contribution in [-0.4, -0.2) is 36.1 Å². The minimum absolute atomic E-state index is 0.00869. The second-order valence-corrected chi connectivity index (χ2v) is 4.91. The molecule has 2 rings (SSSR count). The van der Waals surface area contributed by atoms with Gasteiger partial charge in [0.05, 0.1) is 5.57 Å². The third-order valence-electron chi connectivity index (χ3n) is 3.49. The highest BCUT2D eigenvalue weighted by atomic mass is 19.4. The number of fused-ring (bicyclic) bond motifs is 1. The first-order valence-corrected chi connectivity index (χ1v) is 6.61. The summed E-state index contributed by atoms with van der Waals surface area (Å²) in [5, 5.41) is 9.25. The van der Waals surface area contributed by atoms with E-state index in [1.165, 1.54) is 13.0 Å². The first kappa shape index (κ1) is 16.4. The predicted octanol–water partition coefficient (Wildman–Crippen LogP) is 3.19. The van der Waals surface area contributed by atoms with E-state index >= 15 is 0 Å². The van der Waals surface area contributed by atoms with Crippen LogP contribution in [-0.2, 0) is 9.53 Å². The molecule has 1 atom stereocenters. The SMILES string of the molecule is CCOCC1(C(F)(F)F)Oc2cccc(C)c2C=C1C(=O)O. The third-order valence-corrected chi connectivity index (χ3v) is 3.49. The van der Waals surface area contributed by atoms with Crippen LogP contribution in [0.4, 0.5) is 13.2 Å². The Balaban J connectivity index is 2.67. The Labute approximate surface area is 125 Å². The van der Waals surface area contributed by atoms with Gasteiger partial charge in [-0.1, -0.05) is 12.1 Å². The van der Waals surface area contributed by atoms with Crippen LogP contribution in [0.3, 0.4) is 0 Å². The number of alkyl halides is 3. The average molecular weight is 316 g/mol. The van der Waals surface area contributed by atoms with Gasteiger partial charge >= 0.3 is 12.1 Å². The zero-order valence-electron chi connectivity index (χ0n) is 12.0. The quantitative estimate of drug-likeness (QED) is 0.927. The summed E-state index contributed by atoms with van der Waals surface area (Å²) < 4.78 is 50.9. The van der Waals surface area contributed by atoms with Gasteiger partial charge in [-0.25, -0.2) is 4.79 Å². The van der Waals surface area contributed by atoms with E-state index in [4.69, 9.17) is 9.47 Å². The zero-order valence-corrected chi connectivity index (χ0v) is 12.0. The van der Waals surface area contributed by atoms with Gasteiger partial charge in [0.25, 0.3) is 5.60 Å². The standard InChI is InChI=1S/C15H15F3O4/c1-3-21-8-14(15(16,17)18)11(13(19)20)7-10-9(2)5-4-6-12(10)22-14/h4-7H,3,8H2,1-2H3,(H,19,20). The molecule has 1 heterocycles. The van der Waals surface area contributed by atoms with Crippen LogP contribution in [0.5, 0.6) is 5.75 Å². The maximum Gasteiger partial charge on any atom is 0.435 e. The van der Waals surface area contributed by atoms with E-state index in [1.807, 2.05) is 0 Å². The highest BCUT2D eigenvalue weighted by molar-refractivity contribution is 5.96. The van der Waals surface area contributed by atoms with Crippen molar-refractivity contribution in [1.29, 1.82) is 0 Å². The van der Waals surface area contributed by atoms with Crippen LogP contribution in [0.15, 0.2) is 23.8 Å². The average Bonchev–Trinajstić information content (AvgIpc) is 2.43. The van der Waals surface area contributed by atoms with Crippen molar-refractivity contribution >= 4 is 12.0 Å². The van der Waals surface area contributed by atoms with Crippen LogP contribution in [0.25, 0.3) is 6.08 Å². The normalized spacial score (nSPS) is 20.9. The highest BCUT2D eigenvalue weighted by Gasteiger charge is 2.63. The Kier molecular flexibility index (Phi) is 4.19. The number of rotatable bonds is 4. The molecule has 0 amide bonds. The van der Waals surface area contributed by atoms with Crippen molar-refractivity contribution in [2.24, 2.45) is 0 Å². The fourth-order valence-electron chi connectivity index (χ4n) is 2.31. The zero-order chi connectivity index (χ0) is 16.5. The molecule has 1 aliphatic rings. The van der Waals surface area contributed by atoms with Crippen molar-refractivity contribution in [2.45, 2.75) is 25.6 Å². The smallest absolute Gasteiger partial charge is 0.435 e. The van der Waals surface area contributed by atoms with E-state index in [2.05, 4.69) is 0 Å². The van der Waals surface area contributed by atoms with E-state index in [0.717, 1.165) is 6.08 Å². The number of ether oxygens (including phenoxy) is 2. The topological polar surface area (TPSA) is 55.8 Å². The van der Waals surface area contributed by atoms with Gasteiger partial charge < -0.3 is 14.6 Å². The molecular formula is C15H15F3O4. The minimum Gasteiger partial charge on any atom is -0.478 e. The predicted molar refractivity (Wildman–Crippen MR) is 72.7 cm³/mol. The molecule has 0 saturated heterocycles. The first-order chi connectivity index (χ1) is 10.2. The second-order valence-electron chi connectivity index (χ2n) is 4.91. The largest absolute Gasteiger partial charge is 0.478 e. The molecule has 0 bridgehead atoms. The van der Waals surface area contributed by atoms with Gasteiger partial charge in [-0.2, -0.15) is 13.2 Å². The number of aliphatic carboxylic acids is 1. The lowest BCUT2D eigenvalue weighted by Gasteiger charge is -2.39. The molecule has 120 valence electrons. The Morgan fingerprint density at radius 3 is 2.64 bits per heavy atom. The van der Waals surface area contributed by atoms with Crippen molar-refractivity contribution in [1.82, 2.24) is 0 Å². The lowest BCUT2D eigenvalue weighted by Crippen LogP contribution is -2.58. The number of aryl methyl sites for hydroxylation is 1. The number of hydrogen-bond donors (Lipinski definition) is 1. The summed E-state index contributed by atoms with van der Waals surface area (Å²) in [6, 6.07) is 4.60. The number of hydrogen-bond acceptors (Lipinski definition) is 3. The fraction of sp³-hybridized carbons (Fsp3) is 0.400. The van der Waals surface area contributed by atoms with Crippen molar-refractivity contribution < 1.29 is 32.5 Å². The highest BCUT2D eigenvalue weighted by Crippen LogP contribution is 2.46. The number of benzene rings is 1. The molecule has 1 aromatic carbocycles. The molecule has 1 N–H and O–H groups in total. The summed E-state index contributed by atoms with van der Waals surface area (Å²) in [7, 11) is 0. The third kappa shape index (κ3) is 2.56. The Morgan fingerprint density at radius 2 is 2.09 bits per heavy atom. The molecule has 1 aliphatic heterocycles. The summed E-state index contributed by atoms with van der Waals surface area (Å²) in [6.07, 6.45) is -3.92. The Bertz CT molecular complexity index is 622. The van der Waals surface area contributed by atoms with Crippen molar-refractivity contribution in [3.63, 3.8) is 0 Å². The molecular weight excluding hydrogens is 301 g/mol. The monoisotopic (exact) mass is 316 g/mol. The van der Waals surface area contributed by atoms with Crippen LogP contribution in [0.1, 0.15) is 18.1 Å². The van der Waals surface area contributed by atoms with E-state index in [9.17, 15) is 23.1 Å². The maximum atomic E-state index is 13.6. The van der Waals surface area contributed by atoms with Crippen molar-refractivity contribution in [3.8, 4) is 5.75 Å². The van der Waals surface area contributed by atoms with Gasteiger partial charge in [0.2, 0.25) is 0 Å². The second kappa shape index (κ2) is 5.64. The molecule has 0 aliphatic carbocycles. The number of halogens is 3. The van der Waals surface area contributed by atoms with E-state index in [1.54, 1.807) is 19.1 Å². The summed E-state index contributed by atoms with van der Waals surface area (Å²) >= 11 is 0. The van der Waals surface area contributed by atoms with Gasteiger partial charge in [0.1, 0.15) is 12.4 Å². The summed E-state index contributed by atoms with van der Waals surface area (Å²) in [4.78, 5) is 11.4. The molecule has 1 unspecified atom stereocenters. The van der Waals surface area contributed by atoms with E-state index in [0.29, 0.717) is 11.1 Å². The van der Waals surface area contributed by atoms with Crippen LogP contribution in [0, 0.1) is 6.92 Å². The Morgan fingerprint density at radius 1 is 1.41 bits per heavy atom. The van der Waals surface area contributed by atoms with Crippen LogP contribution < -0.4 is 4.74 Å². The van der Waals surface area contributed by atoms with Crippen LogP contribution in [0.2, 0.25) is 0 Å². The molecule has 0 spiro atoms. The maximum absolute atomic E-state index is 13.6. The van der Waals surface area contributed by atoms with Gasteiger partial charge in [0.15, 0.2) is 0 Å². The molecule has 22 heavy (non-hydrogen) atoms. The minimum atomic E-state index is -4.94. The van der Waals surface area contributed by atoms with Gasteiger partial charge in [-0.05, 0) is 31.6 Å². The number of carboxylic acid groups (broad SMARTS) is 1. The van der Waals surface area contributed by atoms with E-state index in [-0.39, 0.29) is 12.4 Å². The van der Waals surface area contributed by atoms with Gasteiger partial charge in [-0.3, -0.25) is 0 Å². The van der Waals surface area contributed by atoms with Crippen molar-refractivity contribution in [2.75, 3.05) is 13.2 Å². The molecule has 7 heteroatoms. The first-order valence-electron chi connectivity index (χ1n) is 6.61. The molecule has 0 radical (unpaired) electrons. The van der Waals surface area contributed by atoms with Gasteiger partial charge in [-0.15, -0.1) is 0 Å². The molecule has 4 nitrogen and oxygen atoms in total. The van der Waals surface area contributed by atoms with Gasteiger partial charge in [0, 0.05) is 12.2 Å². The number of carbonyl (C=O) groups is 1. The molecule has 0 fully saturated rings. The number of carboxylic acids is 1. The Hall–Kier alpha value is -2.02. The fourth-order valence-corrected chi connectivity index (χ4v) is 2.31. The molecule has 1 aromatic rings. The lowest BCUT2D eigenvalue weighted by molar-refractivity contribution is -0.249. The molecule has 0 saturated carbocycles. The lowest BCUT2D eigenvalue weighted by atomic mass is 9.87. The van der Waals surface area contributed by atoms with E-state index < -0.39 is 29.9 Å². The summed E-state index contributed by atoms with van der Waals surface area (Å²) in [5.41, 5.74) is -2.94. The van der Waals surface area contributed by atoms with Crippen LogP contribution >= 0.6 is 0 Å². The van der Waals surface area contributed by atoms with Crippen molar-refractivity contribution in [3.05, 3.63) is 34.9 Å². The summed E-state index contributed by atoms with van der Waals surface area (Å²) in [6.45, 7) is 2.28. The summed E-state index contributed by atoms with van der Waals surface area (Å²) in [5.74, 6) is -1.70.